The molecule has 0 saturated heterocycles. The van der Waals surface area contributed by atoms with Crippen molar-refractivity contribution >= 4 is 82.7 Å². The topological polar surface area (TPSA) is 34.5 Å². The monoisotopic (exact) mass is 666 g/mol. The second kappa shape index (κ2) is 11.2. The predicted molar refractivity (Wildman–Crippen MR) is 215 cm³/mol. The molecule has 52 heavy (non-hydrogen) atoms. The number of benzene rings is 8. The summed E-state index contributed by atoms with van der Waals surface area (Å²) >= 11 is 0. The van der Waals surface area contributed by atoms with Crippen LogP contribution in [-0.2, 0) is 0 Å². The molecule has 0 radical (unpaired) electrons. The van der Waals surface area contributed by atoms with Crippen LogP contribution in [0.2, 0.25) is 0 Å². The van der Waals surface area contributed by atoms with Crippen LogP contribution in [0.3, 0.4) is 0 Å². The second-order valence-corrected chi connectivity index (χ2v) is 13.3. The average Bonchev–Trinajstić information content (AvgIpc) is 3.88. The smallest absolute Gasteiger partial charge is 0.143 e. The van der Waals surface area contributed by atoms with Gasteiger partial charge in [0.2, 0.25) is 0 Å². The van der Waals surface area contributed by atoms with Crippen LogP contribution in [0.1, 0.15) is 0 Å². The fraction of sp³-hybridized carbons (Fsp3) is 0. The van der Waals surface area contributed by atoms with Gasteiger partial charge < -0.3 is 18.3 Å². The standard InChI is InChI=1S/C48H30N2O2/c1-2-13-32(14-3-1)49(43-21-12-24-46-47(43)38-18-7-11-23-45(38)51-46)33-27-25-31(26-28-33)39-29-34(30-40-37-17-6-10-22-44(37)52-48(39)40)50-41-19-8-4-15-35(41)36-16-5-9-20-42(36)50/h1-30H. The quantitative estimate of drug-likeness (QED) is 0.183. The molecule has 0 aliphatic heterocycles. The molecule has 0 N–H and O–H groups in total. The molecule has 3 heterocycles. The van der Waals surface area contributed by atoms with Crippen LogP contribution in [0, 0.1) is 0 Å². The number of hydrogen-bond acceptors (Lipinski definition) is 3. The molecule has 3 aromatic heterocycles. The van der Waals surface area contributed by atoms with E-state index in [9.17, 15) is 0 Å². The van der Waals surface area contributed by atoms with Gasteiger partial charge in [0.15, 0.2) is 0 Å². The van der Waals surface area contributed by atoms with Gasteiger partial charge in [0.25, 0.3) is 0 Å². The Balaban J connectivity index is 1.13. The van der Waals surface area contributed by atoms with E-state index in [1.165, 1.54) is 21.8 Å². The first-order chi connectivity index (χ1) is 25.8. The van der Waals surface area contributed by atoms with Crippen LogP contribution in [0.15, 0.2) is 191 Å². The number of para-hydroxylation sites is 5. The molecule has 0 amide bonds. The van der Waals surface area contributed by atoms with E-state index in [1.807, 2.05) is 24.3 Å². The largest absolute Gasteiger partial charge is 0.456 e. The van der Waals surface area contributed by atoms with Crippen LogP contribution in [0.5, 0.6) is 0 Å². The van der Waals surface area contributed by atoms with Crippen molar-refractivity contribution < 1.29 is 8.83 Å². The molecular weight excluding hydrogens is 637 g/mol. The Hall–Kier alpha value is -7.04. The molecule has 11 rings (SSSR count). The van der Waals surface area contributed by atoms with Crippen molar-refractivity contribution in [2.75, 3.05) is 4.90 Å². The van der Waals surface area contributed by atoms with Gasteiger partial charge >= 0.3 is 0 Å². The fourth-order valence-corrected chi connectivity index (χ4v) is 8.09. The van der Waals surface area contributed by atoms with Gasteiger partial charge in [0, 0.05) is 49.6 Å². The molecule has 0 spiro atoms. The van der Waals surface area contributed by atoms with Gasteiger partial charge in [0.1, 0.15) is 22.3 Å². The highest BCUT2D eigenvalue weighted by Crippen LogP contribution is 2.44. The fourth-order valence-electron chi connectivity index (χ4n) is 8.09. The third-order valence-corrected chi connectivity index (χ3v) is 10.4. The van der Waals surface area contributed by atoms with Gasteiger partial charge in [-0.25, -0.2) is 0 Å². The maximum Gasteiger partial charge on any atom is 0.143 e. The summed E-state index contributed by atoms with van der Waals surface area (Å²) in [5.41, 5.74) is 12.3. The van der Waals surface area contributed by atoms with E-state index in [4.69, 9.17) is 8.83 Å². The predicted octanol–water partition coefficient (Wildman–Crippen LogP) is 13.7. The van der Waals surface area contributed by atoms with Gasteiger partial charge in [-0.05, 0) is 78.4 Å². The highest BCUT2D eigenvalue weighted by Gasteiger charge is 2.21. The first-order valence-corrected chi connectivity index (χ1v) is 17.6. The Labute approximate surface area is 299 Å². The number of hydrogen-bond donors (Lipinski definition) is 0. The lowest BCUT2D eigenvalue weighted by atomic mass is 10.00. The number of anilines is 3. The molecule has 0 saturated carbocycles. The summed E-state index contributed by atoms with van der Waals surface area (Å²) in [7, 11) is 0. The summed E-state index contributed by atoms with van der Waals surface area (Å²) in [5, 5.41) is 6.87. The minimum atomic E-state index is 0.866. The minimum Gasteiger partial charge on any atom is -0.456 e. The summed E-state index contributed by atoms with van der Waals surface area (Å²) in [4.78, 5) is 2.32. The lowest BCUT2D eigenvalue weighted by molar-refractivity contribution is 0.669. The highest BCUT2D eigenvalue weighted by molar-refractivity contribution is 6.14. The van der Waals surface area contributed by atoms with Crippen molar-refractivity contribution in [2.45, 2.75) is 0 Å². The third kappa shape index (κ3) is 4.28. The van der Waals surface area contributed by atoms with E-state index < -0.39 is 0 Å². The Morgan fingerprint density at radius 3 is 1.71 bits per heavy atom. The van der Waals surface area contributed by atoms with E-state index in [2.05, 4.69) is 167 Å². The molecule has 11 aromatic rings. The van der Waals surface area contributed by atoms with E-state index in [0.29, 0.717) is 0 Å². The second-order valence-electron chi connectivity index (χ2n) is 13.3. The van der Waals surface area contributed by atoms with E-state index in [-0.39, 0.29) is 0 Å². The zero-order chi connectivity index (χ0) is 34.2. The molecule has 0 aliphatic carbocycles. The summed E-state index contributed by atoms with van der Waals surface area (Å²) < 4.78 is 15.4. The molecule has 0 unspecified atom stereocenters. The molecule has 4 nitrogen and oxygen atoms in total. The molecule has 0 bridgehead atoms. The first-order valence-electron chi connectivity index (χ1n) is 17.6. The van der Waals surface area contributed by atoms with Crippen LogP contribution in [0.4, 0.5) is 17.1 Å². The van der Waals surface area contributed by atoms with Crippen molar-refractivity contribution in [3.8, 4) is 16.8 Å². The number of furan rings is 2. The number of nitrogens with zero attached hydrogens (tertiary/aromatic N) is 2. The Morgan fingerprint density at radius 2 is 0.981 bits per heavy atom. The molecule has 4 heteroatoms. The molecule has 0 fully saturated rings. The van der Waals surface area contributed by atoms with Crippen molar-refractivity contribution in [2.24, 2.45) is 0 Å². The molecular formula is C48H30N2O2. The van der Waals surface area contributed by atoms with Gasteiger partial charge in [-0.15, -0.1) is 0 Å². The average molecular weight is 667 g/mol. The zero-order valence-corrected chi connectivity index (χ0v) is 28.0. The normalized spacial score (nSPS) is 11.8. The summed E-state index contributed by atoms with van der Waals surface area (Å²) in [5.74, 6) is 0. The highest BCUT2D eigenvalue weighted by atomic mass is 16.3. The van der Waals surface area contributed by atoms with Gasteiger partial charge in [-0.3, -0.25) is 0 Å². The maximum atomic E-state index is 6.65. The van der Waals surface area contributed by atoms with E-state index in [1.54, 1.807) is 0 Å². The maximum absolute atomic E-state index is 6.65. The van der Waals surface area contributed by atoms with Crippen molar-refractivity contribution in [1.82, 2.24) is 4.57 Å². The van der Waals surface area contributed by atoms with Crippen LogP contribution < -0.4 is 4.90 Å². The number of aromatic nitrogens is 1. The molecule has 0 aliphatic rings. The van der Waals surface area contributed by atoms with Crippen molar-refractivity contribution in [3.63, 3.8) is 0 Å². The van der Waals surface area contributed by atoms with Gasteiger partial charge in [-0.2, -0.15) is 0 Å². The molecule has 8 aromatic carbocycles. The Morgan fingerprint density at radius 1 is 0.404 bits per heavy atom. The van der Waals surface area contributed by atoms with Crippen LogP contribution in [-0.4, -0.2) is 4.57 Å². The lowest BCUT2D eigenvalue weighted by Gasteiger charge is -2.26. The summed E-state index contributed by atoms with van der Waals surface area (Å²) in [6, 6.07) is 64.2. The van der Waals surface area contributed by atoms with Gasteiger partial charge in [0.05, 0.1) is 22.1 Å². The zero-order valence-electron chi connectivity index (χ0n) is 28.0. The lowest BCUT2D eigenvalue weighted by Crippen LogP contribution is -2.10. The SMILES string of the molecule is c1ccc(N(c2ccc(-c3cc(-n4c5ccccc5c5ccccc54)cc4c3oc3ccccc34)cc2)c2cccc3oc4ccccc4c23)cc1. The first kappa shape index (κ1) is 28.8. The van der Waals surface area contributed by atoms with Gasteiger partial charge in [-0.1, -0.05) is 109 Å². The molecule has 0 atom stereocenters. The van der Waals surface area contributed by atoms with E-state index in [0.717, 1.165) is 77.8 Å². The van der Waals surface area contributed by atoms with Crippen molar-refractivity contribution in [3.05, 3.63) is 182 Å². The number of rotatable bonds is 5. The Kier molecular flexibility index (Phi) is 6.22. The van der Waals surface area contributed by atoms with E-state index >= 15 is 0 Å². The molecule has 244 valence electrons. The van der Waals surface area contributed by atoms with Crippen LogP contribution >= 0.6 is 0 Å². The van der Waals surface area contributed by atoms with Crippen molar-refractivity contribution in [1.29, 1.82) is 0 Å². The minimum absolute atomic E-state index is 0.866. The van der Waals surface area contributed by atoms with Crippen LogP contribution in [0.25, 0.3) is 82.5 Å². The summed E-state index contributed by atoms with van der Waals surface area (Å²) in [6.07, 6.45) is 0. The Bertz CT molecular complexity index is 3080. The number of fused-ring (bicyclic) bond motifs is 9. The third-order valence-electron chi connectivity index (χ3n) is 10.4. The summed E-state index contributed by atoms with van der Waals surface area (Å²) in [6.45, 7) is 0.